The number of rotatable bonds is 5. The van der Waals surface area contributed by atoms with Crippen LogP contribution in [0.25, 0.3) is 0 Å². The minimum Gasteiger partial charge on any atom is -0.444 e. The summed E-state index contributed by atoms with van der Waals surface area (Å²) in [7, 11) is 0. The van der Waals surface area contributed by atoms with Crippen LogP contribution in [0.1, 0.15) is 52.5 Å². The molecule has 25 heavy (non-hydrogen) atoms. The smallest absolute Gasteiger partial charge is 0.410 e. The van der Waals surface area contributed by atoms with Crippen LogP contribution in [0.2, 0.25) is 0 Å². The molecule has 0 aliphatic carbocycles. The van der Waals surface area contributed by atoms with E-state index >= 15 is 0 Å². The Morgan fingerprint density at radius 2 is 2.16 bits per heavy atom. The summed E-state index contributed by atoms with van der Waals surface area (Å²) in [6, 6.07) is 7.08. The molecule has 2 atom stereocenters. The van der Waals surface area contributed by atoms with Crippen molar-refractivity contribution in [3.8, 4) is 0 Å². The average molecular weight is 350 g/mol. The minimum absolute atomic E-state index is 0.151. The van der Waals surface area contributed by atoms with Crippen molar-refractivity contribution < 1.29 is 13.9 Å². The number of hydrogen-bond acceptors (Lipinski definition) is 3. The lowest BCUT2D eigenvalue weighted by atomic mass is 10.0. The van der Waals surface area contributed by atoms with E-state index in [1.165, 1.54) is 6.07 Å². The van der Waals surface area contributed by atoms with Crippen LogP contribution in [-0.4, -0.2) is 41.8 Å². The number of piperidine rings is 1. The van der Waals surface area contributed by atoms with E-state index in [4.69, 9.17) is 4.74 Å². The molecule has 140 valence electrons. The average Bonchev–Trinajstić information content (AvgIpc) is 2.51. The van der Waals surface area contributed by atoms with Gasteiger partial charge in [-0.1, -0.05) is 12.1 Å². The largest absolute Gasteiger partial charge is 0.444 e. The molecule has 1 amide bonds. The first-order valence-corrected chi connectivity index (χ1v) is 9.22. The second kappa shape index (κ2) is 8.65. The second-order valence-corrected chi connectivity index (χ2v) is 7.97. The van der Waals surface area contributed by atoms with Crippen LogP contribution in [0, 0.1) is 5.82 Å². The lowest BCUT2D eigenvalue weighted by Crippen LogP contribution is -2.51. The zero-order chi connectivity index (χ0) is 18.4. The van der Waals surface area contributed by atoms with E-state index in [1.54, 1.807) is 12.1 Å². The van der Waals surface area contributed by atoms with Gasteiger partial charge in [0, 0.05) is 25.2 Å². The molecular formula is C20H31FN2O2. The highest BCUT2D eigenvalue weighted by molar-refractivity contribution is 5.68. The minimum atomic E-state index is -0.475. The molecule has 4 nitrogen and oxygen atoms in total. The number of ether oxygens (including phenoxy) is 1. The van der Waals surface area contributed by atoms with E-state index in [0.29, 0.717) is 0 Å². The van der Waals surface area contributed by atoms with E-state index in [1.807, 2.05) is 31.7 Å². The normalized spacial score (nSPS) is 19.6. The number of nitrogens with zero attached hydrogens (tertiary/aromatic N) is 1. The Bertz CT molecular complexity index is 571. The Morgan fingerprint density at radius 3 is 2.84 bits per heavy atom. The Balaban J connectivity index is 1.87. The van der Waals surface area contributed by atoms with Gasteiger partial charge in [0.2, 0.25) is 0 Å². The molecule has 1 fully saturated rings. The van der Waals surface area contributed by atoms with Gasteiger partial charge in [-0.15, -0.1) is 0 Å². The van der Waals surface area contributed by atoms with Crippen LogP contribution in [0.15, 0.2) is 24.3 Å². The molecule has 2 rings (SSSR count). The van der Waals surface area contributed by atoms with E-state index in [2.05, 4.69) is 12.2 Å². The molecule has 0 spiro atoms. The zero-order valence-electron chi connectivity index (χ0n) is 15.8. The third-order valence-electron chi connectivity index (χ3n) is 4.39. The van der Waals surface area contributed by atoms with Crippen molar-refractivity contribution in [2.45, 2.75) is 71.1 Å². The predicted molar refractivity (Wildman–Crippen MR) is 98.1 cm³/mol. The van der Waals surface area contributed by atoms with Crippen molar-refractivity contribution in [1.29, 1.82) is 0 Å². The van der Waals surface area contributed by atoms with Gasteiger partial charge in [0.15, 0.2) is 0 Å². The molecule has 0 bridgehead atoms. The van der Waals surface area contributed by atoms with Crippen molar-refractivity contribution in [1.82, 2.24) is 10.2 Å². The summed E-state index contributed by atoms with van der Waals surface area (Å²) in [6.07, 6.45) is 3.67. The van der Waals surface area contributed by atoms with Gasteiger partial charge in [0.25, 0.3) is 0 Å². The van der Waals surface area contributed by atoms with E-state index in [9.17, 15) is 9.18 Å². The third-order valence-corrected chi connectivity index (χ3v) is 4.39. The zero-order valence-corrected chi connectivity index (χ0v) is 15.8. The molecule has 0 saturated carbocycles. The van der Waals surface area contributed by atoms with Crippen LogP contribution < -0.4 is 5.32 Å². The van der Waals surface area contributed by atoms with Crippen LogP contribution in [0.5, 0.6) is 0 Å². The number of nitrogens with one attached hydrogen (secondary N) is 1. The molecule has 1 aliphatic rings. The number of carbonyl (C=O) groups excluding carboxylic acids is 1. The summed E-state index contributed by atoms with van der Waals surface area (Å²) in [4.78, 5) is 14.3. The first-order valence-electron chi connectivity index (χ1n) is 9.22. The molecule has 2 unspecified atom stereocenters. The highest BCUT2D eigenvalue weighted by Crippen LogP contribution is 2.20. The van der Waals surface area contributed by atoms with Crippen molar-refractivity contribution in [2.24, 2.45) is 0 Å². The van der Waals surface area contributed by atoms with Crippen LogP contribution >= 0.6 is 0 Å². The first kappa shape index (κ1) is 19.7. The molecule has 1 aliphatic heterocycles. The fraction of sp³-hybridized carbons (Fsp3) is 0.650. The fourth-order valence-corrected chi connectivity index (χ4v) is 3.20. The van der Waals surface area contributed by atoms with Crippen molar-refractivity contribution in [2.75, 3.05) is 13.1 Å². The first-order chi connectivity index (χ1) is 11.7. The molecule has 1 aromatic carbocycles. The van der Waals surface area contributed by atoms with Gasteiger partial charge in [0.05, 0.1) is 0 Å². The molecular weight excluding hydrogens is 319 g/mol. The lowest BCUT2D eigenvalue weighted by Gasteiger charge is -2.37. The number of benzene rings is 1. The highest BCUT2D eigenvalue weighted by Gasteiger charge is 2.30. The summed E-state index contributed by atoms with van der Waals surface area (Å²) in [5.41, 5.74) is 0.504. The van der Waals surface area contributed by atoms with Crippen LogP contribution in [0.4, 0.5) is 9.18 Å². The maximum atomic E-state index is 13.3. The molecule has 1 aromatic rings. The number of likely N-dealkylation sites (tertiary alicyclic amines) is 1. The SMILES string of the molecule is CC(Cc1cccc(F)c1)NCC1CCCCN1C(=O)OC(C)(C)C. The Morgan fingerprint density at radius 1 is 1.40 bits per heavy atom. The van der Waals surface area contributed by atoms with Gasteiger partial charge < -0.3 is 15.0 Å². The predicted octanol–water partition coefficient (Wildman–Crippen LogP) is 4.14. The maximum absolute atomic E-state index is 13.3. The topological polar surface area (TPSA) is 41.6 Å². The van der Waals surface area contributed by atoms with Crippen molar-refractivity contribution in [3.05, 3.63) is 35.6 Å². The van der Waals surface area contributed by atoms with Crippen LogP contribution in [-0.2, 0) is 11.2 Å². The molecule has 1 saturated heterocycles. The summed E-state index contributed by atoms with van der Waals surface area (Å²) in [5, 5.41) is 3.50. The van der Waals surface area contributed by atoms with Crippen LogP contribution in [0.3, 0.4) is 0 Å². The Labute approximate surface area is 150 Å². The molecule has 0 aromatic heterocycles. The highest BCUT2D eigenvalue weighted by atomic mass is 19.1. The van der Waals surface area contributed by atoms with Gasteiger partial charge in [-0.25, -0.2) is 9.18 Å². The van der Waals surface area contributed by atoms with E-state index in [-0.39, 0.29) is 24.0 Å². The Kier molecular flexibility index (Phi) is 6.82. The lowest BCUT2D eigenvalue weighted by molar-refractivity contribution is 0.00970. The quantitative estimate of drug-likeness (QED) is 0.868. The van der Waals surface area contributed by atoms with Crippen molar-refractivity contribution >= 4 is 6.09 Å². The van der Waals surface area contributed by atoms with E-state index in [0.717, 1.165) is 44.3 Å². The monoisotopic (exact) mass is 350 g/mol. The summed E-state index contributed by atoms with van der Waals surface area (Å²) >= 11 is 0. The maximum Gasteiger partial charge on any atom is 0.410 e. The molecule has 1 heterocycles. The van der Waals surface area contributed by atoms with Gasteiger partial charge in [-0.3, -0.25) is 0 Å². The second-order valence-electron chi connectivity index (χ2n) is 7.97. The van der Waals surface area contributed by atoms with Gasteiger partial charge in [-0.2, -0.15) is 0 Å². The van der Waals surface area contributed by atoms with Gasteiger partial charge in [0.1, 0.15) is 11.4 Å². The summed E-state index contributed by atoms with van der Waals surface area (Å²) in [5.74, 6) is -0.201. The van der Waals surface area contributed by atoms with Gasteiger partial charge >= 0.3 is 6.09 Å². The summed E-state index contributed by atoms with van der Waals surface area (Å²) < 4.78 is 18.8. The number of carbonyl (C=O) groups is 1. The fourth-order valence-electron chi connectivity index (χ4n) is 3.20. The number of halogens is 1. The molecule has 1 N–H and O–H groups in total. The summed E-state index contributed by atoms with van der Waals surface area (Å²) in [6.45, 7) is 9.25. The van der Waals surface area contributed by atoms with Crippen molar-refractivity contribution in [3.63, 3.8) is 0 Å². The number of hydrogen-bond donors (Lipinski definition) is 1. The molecule has 0 radical (unpaired) electrons. The van der Waals surface area contributed by atoms with Gasteiger partial charge in [-0.05, 0) is 71.1 Å². The standard InChI is InChI=1S/C20H31FN2O2/c1-15(12-16-8-7-9-17(21)13-16)22-14-18-10-5-6-11-23(18)19(24)25-20(2,3)4/h7-9,13,15,18,22H,5-6,10-12,14H2,1-4H3. The third kappa shape index (κ3) is 6.65. The van der Waals surface area contributed by atoms with E-state index < -0.39 is 5.60 Å². The Hall–Kier alpha value is -1.62. The number of amides is 1. The molecule has 5 heteroatoms.